The van der Waals surface area contributed by atoms with Gasteiger partial charge in [0.2, 0.25) is 0 Å². The first kappa shape index (κ1) is 24.4. The number of nitrogens with zero attached hydrogens (tertiary/aromatic N) is 4. The molecule has 0 amide bonds. The predicted molar refractivity (Wildman–Crippen MR) is 120 cm³/mol. The third-order valence-electron chi connectivity index (χ3n) is 6.61. The van der Waals surface area contributed by atoms with Crippen LogP contribution in [-0.4, -0.2) is 60.3 Å². The van der Waals surface area contributed by atoms with Gasteiger partial charge >= 0.3 is 6.18 Å². The SMILES string of the molecule is O[C@@H]1[C@H](O)[C@@H](CC#Cc2ccccc2F)O[C@H]1n1cnc2c(NC3CCC(C(F)(F)F)C3)ncnc21. The Hall–Kier alpha value is -3.27. The first-order chi connectivity index (χ1) is 17.2. The third-order valence-corrected chi connectivity index (χ3v) is 6.61. The fourth-order valence-electron chi connectivity index (χ4n) is 4.68. The van der Waals surface area contributed by atoms with Crippen LogP contribution in [-0.2, 0) is 4.74 Å². The summed E-state index contributed by atoms with van der Waals surface area (Å²) < 4.78 is 60.1. The predicted octanol–water partition coefficient (Wildman–Crippen LogP) is 3.17. The van der Waals surface area contributed by atoms with Crippen molar-refractivity contribution >= 4 is 17.0 Å². The van der Waals surface area contributed by atoms with E-state index in [1.165, 1.54) is 29.4 Å². The number of hydrogen-bond acceptors (Lipinski definition) is 7. The summed E-state index contributed by atoms with van der Waals surface area (Å²) in [6.45, 7) is 0. The summed E-state index contributed by atoms with van der Waals surface area (Å²) in [7, 11) is 0. The van der Waals surface area contributed by atoms with Crippen molar-refractivity contribution in [1.82, 2.24) is 19.5 Å². The molecule has 0 radical (unpaired) electrons. The molecule has 1 saturated heterocycles. The van der Waals surface area contributed by atoms with Crippen LogP contribution in [0.1, 0.15) is 37.5 Å². The molecule has 5 rings (SSSR count). The van der Waals surface area contributed by atoms with Gasteiger partial charge in [-0.05, 0) is 31.4 Å². The highest BCUT2D eigenvalue weighted by Crippen LogP contribution is 2.40. The average molecular weight is 505 g/mol. The molecular weight excluding hydrogens is 482 g/mol. The Morgan fingerprint density at radius 2 is 1.92 bits per heavy atom. The van der Waals surface area contributed by atoms with Gasteiger partial charge in [-0.1, -0.05) is 24.0 Å². The number of halogens is 4. The van der Waals surface area contributed by atoms with Crippen LogP contribution in [0.3, 0.4) is 0 Å². The molecule has 190 valence electrons. The molecule has 1 aliphatic carbocycles. The van der Waals surface area contributed by atoms with Crippen LogP contribution in [0.5, 0.6) is 0 Å². The number of alkyl halides is 3. The lowest BCUT2D eigenvalue weighted by Gasteiger charge is -2.17. The molecule has 1 aromatic carbocycles. The molecule has 6 atom stereocenters. The molecule has 12 heteroatoms. The number of ether oxygens (including phenoxy) is 1. The Morgan fingerprint density at radius 3 is 2.67 bits per heavy atom. The molecule has 36 heavy (non-hydrogen) atoms. The summed E-state index contributed by atoms with van der Waals surface area (Å²) in [4.78, 5) is 12.6. The second kappa shape index (κ2) is 9.65. The molecule has 3 N–H and O–H groups in total. The van der Waals surface area contributed by atoms with Crippen molar-refractivity contribution in [3.63, 3.8) is 0 Å². The van der Waals surface area contributed by atoms with Crippen molar-refractivity contribution in [1.29, 1.82) is 0 Å². The van der Waals surface area contributed by atoms with E-state index in [1.54, 1.807) is 12.1 Å². The van der Waals surface area contributed by atoms with Gasteiger partial charge in [-0.25, -0.2) is 19.3 Å². The normalized spacial score (nSPS) is 28.3. The van der Waals surface area contributed by atoms with E-state index in [0.717, 1.165) is 0 Å². The zero-order chi connectivity index (χ0) is 25.4. The molecule has 2 unspecified atom stereocenters. The second-order valence-electron chi connectivity index (χ2n) is 8.97. The van der Waals surface area contributed by atoms with Gasteiger partial charge in [0.15, 0.2) is 23.2 Å². The lowest BCUT2D eigenvalue weighted by Crippen LogP contribution is -2.31. The molecule has 3 heterocycles. The lowest BCUT2D eigenvalue weighted by molar-refractivity contribution is -0.172. The van der Waals surface area contributed by atoms with Crippen molar-refractivity contribution in [2.75, 3.05) is 5.32 Å². The Morgan fingerprint density at radius 1 is 1.11 bits per heavy atom. The average Bonchev–Trinajstić information content (AvgIpc) is 3.55. The Labute approximate surface area is 203 Å². The van der Waals surface area contributed by atoms with Gasteiger partial charge in [0.25, 0.3) is 0 Å². The number of aliphatic hydroxyl groups is 2. The second-order valence-corrected chi connectivity index (χ2v) is 8.97. The van der Waals surface area contributed by atoms with E-state index in [9.17, 15) is 27.8 Å². The maximum atomic E-state index is 13.8. The minimum Gasteiger partial charge on any atom is -0.387 e. The highest BCUT2D eigenvalue weighted by molar-refractivity contribution is 5.82. The first-order valence-electron chi connectivity index (χ1n) is 11.5. The number of nitrogens with one attached hydrogen (secondary N) is 1. The van der Waals surface area contributed by atoms with Crippen LogP contribution < -0.4 is 5.32 Å². The third kappa shape index (κ3) is 4.74. The first-order valence-corrected chi connectivity index (χ1v) is 11.5. The Kier molecular flexibility index (Phi) is 6.55. The topological polar surface area (TPSA) is 105 Å². The van der Waals surface area contributed by atoms with Crippen LogP contribution >= 0.6 is 0 Å². The van der Waals surface area contributed by atoms with E-state index < -0.39 is 48.5 Å². The van der Waals surface area contributed by atoms with Crippen molar-refractivity contribution in [2.24, 2.45) is 5.92 Å². The Balaban J connectivity index is 1.31. The van der Waals surface area contributed by atoms with Gasteiger partial charge in [-0.3, -0.25) is 4.57 Å². The van der Waals surface area contributed by atoms with E-state index in [-0.39, 0.29) is 36.3 Å². The lowest BCUT2D eigenvalue weighted by atomic mass is 10.1. The van der Waals surface area contributed by atoms with Gasteiger partial charge < -0.3 is 20.3 Å². The molecular formula is C24H23F4N5O3. The number of anilines is 1. The maximum Gasteiger partial charge on any atom is 0.391 e. The molecule has 2 fully saturated rings. The van der Waals surface area contributed by atoms with E-state index in [1.807, 2.05) is 0 Å². The van der Waals surface area contributed by atoms with Gasteiger partial charge in [-0.2, -0.15) is 13.2 Å². The van der Waals surface area contributed by atoms with E-state index in [0.29, 0.717) is 11.9 Å². The molecule has 2 aromatic heterocycles. The molecule has 0 spiro atoms. The minimum absolute atomic E-state index is 0.0412. The van der Waals surface area contributed by atoms with Crippen molar-refractivity contribution in [2.45, 2.75) is 62.4 Å². The van der Waals surface area contributed by atoms with Crippen LogP contribution in [0.15, 0.2) is 36.9 Å². The molecule has 1 saturated carbocycles. The summed E-state index contributed by atoms with van der Waals surface area (Å²) in [5.41, 5.74) is 0.802. The largest absolute Gasteiger partial charge is 0.391 e. The van der Waals surface area contributed by atoms with Gasteiger partial charge in [0, 0.05) is 12.5 Å². The standard InChI is InChI=1S/C24H23F4N5O3/c25-16-6-2-1-4-13(16)5-3-7-17-19(34)20(35)23(36-17)33-12-31-18-21(29-11-30-22(18)33)32-15-9-8-14(10-15)24(26,27)28/h1-2,4,6,11-12,14-15,17,19-20,23,34-35H,7-10H2,(H,29,30,32)/t14?,15?,17-,19-,20-,23-/m1/s1. The summed E-state index contributed by atoms with van der Waals surface area (Å²) in [5.74, 6) is 3.94. The molecule has 2 aliphatic rings. The zero-order valence-electron chi connectivity index (χ0n) is 18.9. The zero-order valence-corrected chi connectivity index (χ0v) is 18.9. The molecule has 3 aromatic rings. The van der Waals surface area contributed by atoms with Gasteiger partial charge in [-0.15, -0.1) is 0 Å². The minimum atomic E-state index is -4.23. The Bertz CT molecular complexity index is 1300. The van der Waals surface area contributed by atoms with Crippen molar-refractivity contribution in [3.05, 3.63) is 48.3 Å². The van der Waals surface area contributed by atoms with E-state index >= 15 is 0 Å². The monoisotopic (exact) mass is 505 g/mol. The molecule has 0 bridgehead atoms. The van der Waals surface area contributed by atoms with E-state index in [4.69, 9.17) is 4.74 Å². The number of aliphatic hydroxyl groups excluding tert-OH is 2. The van der Waals surface area contributed by atoms with Crippen LogP contribution in [0.25, 0.3) is 11.2 Å². The van der Waals surface area contributed by atoms with Crippen LogP contribution in [0.2, 0.25) is 0 Å². The summed E-state index contributed by atoms with van der Waals surface area (Å²) in [6, 6.07) is 5.63. The van der Waals surface area contributed by atoms with Crippen molar-refractivity contribution in [3.8, 4) is 11.8 Å². The highest BCUT2D eigenvalue weighted by atomic mass is 19.4. The quantitative estimate of drug-likeness (QED) is 0.370. The molecule has 8 nitrogen and oxygen atoms in total. The van der Waals surface area contributed by atoms with Crippen molar-refractivity contribution < 1.29 is 32.5 Å². The summed E-state index contributed by atoms with van der Waals surface area (Å²) in [6.07, 6.45) is -5.70. The smallest absolute Gasteiger partial charge is 0.387 e. The summed E-state index contributed by atoms with van der Waals surface area (Å²) in [5, 5.41) is 24.2. The fourth-order valence-corrected chi connectivity index (χ4v) is 4.68. The highest BCUT2D eigenvalue weighted by Gasteiger charge is 2.45. The number of fused-ring (bicyclic) bond motifs is 1. The summed E-state index contributed by atoms with van der Waals surface area (Å²) >= 11 is 0. The number of rotatable bonds is 4. The van der Waals surface area contributed by atoms with Crippen LogP contribution in [0.4, 0.5) is 23.4 Å². The fraction of sp³-hybridized carbons (Fsp3) is 0.458. The van der Waals surface area contributed by atoms with Crippen LogP contribution in [0, 0.1) is 23.6 Å². The molecule has 1 aliphatic heterocycles. The van der Waals surface area contributed by atoms with Gasteiger partial charge in [0.1, 0.15) is 24.4 Å². The maximum absolute atomic E-state index is 13.8. The number of imidazole rings is 1. The number of aromatic nitrogens is 4. The number of benzene rings is 1. The number of hydrogen-bond donors (Lipinski definition) is 3. The van der Waals surface area contributed by atoms with Gasteiger partial charge in [0.05, 0.1) is 23.9 Å². The van der Waals surface area contributed by atoms with E-state index in [2.05, 4.69) is 32.1 Å².